The van der Waals surface area contributed by atoms with Crippen LogP contribution in [0.1, 0.15) is 27.2 Å². The first kappa shape index (κ1) is 10.0. The van der Waals surface area contributed by atoms with Crippen molar-refractivity contribution in [1.29, 1.82) is 0 Å². The number of hydrogen-bond acceptors (Lipinski definition) is 2. The van der Waals surface area contributed by atoms with Crippen molar-refractivity contribution >= 4 is 0 Å². The van der Waals surface area contributed by atoms with Gasteiger partial charge in [-0.05, 0) is 18.9 Å². The van der Waals surface area contributed by atoms with E-state index < -0.39 is 0 Å². The molecule has 2 nitrogen and oxygen atoms in total. The molecule has 1 rings (SSSR count). The second-order valence-electron chi connectivity index (χ2n) is 4.76. The molecule has 72 valence electrons. The van der Waals surface area contributed by atoms with E-state index in [0.29, 0.717) is 11.5 Å². The molecule has 1 aliphatic rings. The maximum atomic E-state index is 5.45. The fourth-order valence-electron chi connectivity index (χ4n) is 1.98. The monoisotopic (exact) mass is 171 g/mol. The average Bonchev–Trinajstić information content (AvgIpc) is 2.11. The molecule has 0 amide bonds. The summed E-state index contributed by atoms with van der Waals surface area (Å²) < 4.78 is 5.45. The van der Waals surface area contributed by atoms with E-state index in [2.05, 4.69) is 32.7 Å². The molecule has 0 aliphatic carbocycles. The predicted octanol–water partition coefficient (Wildman–Crippen LogP) is 1.75. The number of rotatable bonds is 0. The summed E-state index contributed by atoms with van der Waals surface area (Å²) in [5.41, 5.74) is 0.377. The molecule has 1 aliphatic heterocycles. The summed E-state index contributed by atoms with van der Waals surface area (Å²) in [5, 5.41) is 0. The van der Waals surface area contributed by atoms with Crippen molar-refractivity contribution in [1.82, 2.24) is 4.90 Å². The van der Waals surface area contributed by atoms with Crippen LogP contribution in [0.4, 0.5) is 0 Å². The fraction of sp³-hybridized carbons (Fsp3) is 1.00. The summed E-state index contributed by atoms with van der Waals surface area (Å²) in [5.74, 6) is 0. The van der Waals surface area contributed by atoms with Crippen molar-refractivity contribution in [2.75, 3.05) is 26.8 Å². The number of ether oxygens (including phenoxy) is 1. The van der Waals surface area contributed by atoms with Crippen LogP contribution in [0.2, 0.25) is 0 Å². The summed E-state index contributed by atoms with van der Waals surface area (Å²) >= 11 is 0. The Kier molecular flexibility index (Phi) is 3.13. The molecule has 1 fully saturated rings. The smallest absolute Gasteiger partial charge is 0.0593 e. The van der Waals surface area contributed by atoms with Crippen LogP contribution in [-0.4, -0.2) is 37.7 Å². The van der Waals surface area contributed by atoms with Crippen molar-refractivity contribution in [3.8, 4) is 0 Å². The second-order valence-corrected chi connectivity index (χ2v) is 4.76. The molecule has 0 saturated carbocycles. The number of hydrogen-bond donors (Lipinski definition) is 0. The van der Waals surface area contributed by atoms with Crippen molar-refractivity contribution in [2.24, 2.45) is 5.41 Å². The van der Waals surface area contributed by atoms with Crippen LogP contribution in [0.25, 0.3) is 0 Å². The van der Waals surface area contributed by atoms with E-state index >= 15 is 0 Å². The Morgan fingerprint density at radius 3 is 2.50 bits per heavy atom. The van der Waals surface area contributed by atoms with Gasteiger partial charge in [0.15, 0.2) is 0 Å². The minimum Gasteiger partial charge on any atom is -0.380 e. The van der Waals surface area contributed by atoms with Crippen molar-refractivity contribution in [3.05, 3.63) is 0 Å². The Labute approximate surface area is 75.9 Å². The van der Waals surface area contributed by atoms with Crippen molar-refractivity contribution in [2.45, 2.75) is 33.2 Å². The van der Waals surface area contributed by atoms with E-state index in [4.69, 9.17) is 4.74 Å². The van der Waals surface area contributed by atoms with Gasteiger partial charge in [0.25, 0.3) is 0 Å². The zero-order valence-corrected chi connectivity index (χ0v) is 8.76. The normalized spacial score (nSPS) is 28.5. The van der Waals surface area contributed by atoms with Gasteiger partial charge >= 0.3 is 0 Å². The SMILES string of the molecule is CN1CCOCCC1C(C)(C)C. The molecule has 0 N–H and O–H groups in total. The first-order chi connectivity index (χ1) is 5.52. The minimum absolute atomic E-state index is 0.377. The van der Waals surface area contributed by atoms with Crippen LogP contribution < -0.4 is 0 Å². The molecule has 12 heavy (non-hydrogen) atoms. The lowest BCUT2D eigenvalue weighted by Crippen LogP contribution is -2.41. The number of likely N-dealkylation sites (N-methyl/N-ethyl adjacent to an activating group) is 1. The van der Waals surface area contributed by atoms with E-state index in [0.717, 1.165) is 19.8 Å². The van der Waals surface area contributed by atoms with Gasteiger partial charge in [-0.25, -0.2) is 0 Å². The highest BCUT2D eigenvalue weighted by Gasteiger charge is 2.28. The highest BCUT2D eigenvalue weighted by atomic mass is 16.5. The fourth-order valence-corrected chi connectivity index (χ4v) is 1.98. The van der Waals surface area contributed by atoms with Crippen LogP contribution in [-0.2, 0) is 4.74 Å². The highest BCUT2D eigenvalue weighted by molar-refractivity contribution is 4.82. The third-order valence-electron chi connectivity index (χ3n) is 2.66. The molecule has 0 radical (unpaired) electrons. The summed E-state index contributed by atoms with van der Waals surface area (Å²) in [6, 6.07) is 0.667. The van der Waals surface area contributed by atoms with Gasteiger partial charge in [-0.1, -0.05) is 20.8 Å². The second kappa shape index (κ2) is 3.75. The van der Waals surface area contributed by atoms with Gasteiger partial charge < -0.3 is 9.64 Å². The Morgan fingerprint density at radius 1 is 1.25 bits per heavy atom. The lowest BCUT2D eigenvalue weighted by molar-refractivity contribution is 0.132. The molecular weight excluding hydrogens is 150 g/mol. The Hall–Kier alpha value is -0.0800. The maximum Gasteiger partial charge on any atom is 0.0593 e. The molecule has 1 heterocycles. The van der Waals surface area contributed by atoms with Gasteiger partial charge in [-0.15, -0.1) is 0 Å². The average molecular weight is 171 g/mol. The largest absolute Gasteiger partial charge is 0.380 e. The summed E-state index contributed by atoms with van der Waals surface area (Å²) in [6.07, 6.45) is 1.17. The predicted molar refractivity (Wildman–Crippen MR) is 51.3 cm³/mol. The van der Waals surface area contributed by atoms with Gasteiger partial charge in [0, 0.05) is 19.2 Å². The Morgan fingerprint density at radius 2 is 1.92 bits per heavy atom. The Bertz CT molecular complexity index is 139. The zero-order chi connectivity index (χ0) is 9.19. The van der Waals surface area contributed by atoms with Crippen molar-refractivity contribution < 1.29 is 4.74 Å². The van der Waals surface area contributed by atoms with E-state index in [-0.39, 0.29) is 0 Å². The lowest BCUT2D eigenvalue weighted by Gasteiger charge is -2.36. The first-order valence-electron chi connectivity index (χ1n) is 4.80. The summed E-state index contributed by atoms with van der Waals surface area (Å²) in [6.45, 7) is 9.80. The molecule has 0 aromatic carbocycles. The molecule has 2 heteroatoms. The quantitative estimate of drug-likeness (QED) is 0.550. The van der Waals surface area contributed by atoms with Gasteiger partial charge in [0.2, 0.25) is 0 Å². The topological polar surface area (TPSA) is 12.5 Å². The molecule has 1 atom stereocenters. The lowest BCUT2D eigenvalue weighted by atomic mass is 9.84. The molecular formula is C10H21NO. The van der Waals surface area contributed by atoms with Crippen LogP contribution in [0.5, 0.6) is 0 Å². The zero-order valence-electron chi connectivity index (χ0n) is 8.76. The van der Waals surface area contributed by atoms with E-state index in [1.165, 1.54) is 6.42 Å². The van der Waals surface area contributed by atoms with E-state index in [9.17, 15) is 0 Å². The molecule has 0 aromatic rings. The molecule has 0 aromatic heterocycles. The van der Waals surface area contributed by atoms with Gasteiger partial charge in [0.05, 0.1) is 6.61 Å². The summed E-state index contributed by atoms with van der Waals surface area (Å²) in [4.78, 5) is 2.42. The number of nitrogens with zero attached hydrogens (tertiary/aromatic N) is 1. The first-order valence-corrected chi connectivity index (χ1v) is 4.80. The van der Waals surface area contributed by atoms with Crippen LogP contribution in [0.15, 0.2) is 0 Å². The third kappa shape index (κ3) is 2.46. The standard InChI is InChI=1S/C10H21NO/c1-10(2,3)9-5-7-12-8-6-11(9)4/h9H,5-8H2,1-4H3. The third-order valence-corrected chi connectivity index (χ3v) is 2.66. The van der Waals surface area contributed by atoms with E-state index in [1.54, 1.807) is 0 Å². The van der Waals surface area contributed by atoms with Gasteiger partial charge in [0.1, 0.15) is 0 Å². The van der Waals surface area contributed by atoms with Crippen LogP contribution >= 0.6 is 0 Å². The molecule has 1 saturated heterocycles. The van der Waals surface area contributed by atoms with Gasteiger partial charge in [-0.2, -0.15) is 0 Å². The van der Waals surface area contributed by atoms with Crippen LogP contribution in [0.3, 0.4) is 0 Å². The molecule has 1 unspecified atom stereocenters. The maximum absolute atomic E-state index is 5.45. The van der Waals surface area contributed by atoms with Gasteiger partial charge in [-0.3, -0.25) is 0 Å². The van der Waals surface area contributed by atoms with Crippen LogP contribution in [0, 0.1) is 5.41 Å². The molecule has 0 bridgehead atoms. The minimum atomic E-state index is 0.377. The highest BCUT2D eigenvalue weighted by Crippen LogP contribution is 2.27. The Balaban J connectivity index is 2.59. The molecule has 0 spiro atoms. The van der Waals surface area contributed by atoms with E-state index in [1.807, 2.05) is 0 Å². The van der Waals surface area contributed by atoms with Crippen molar-refractivity contribution in [3.63, 3.8) is 0 Å². The summed E-state index contributed by atoms with van der Waals surface area (Å²) in [7, 11) is 2.20.